The number of carbonyl (C=O) groups excluding carboxylic acids is 1. The highest BCUT2D eigenvalue weighted by atomic mass is 32.2. The molecule has 0 radical (unpaired) electrons. The molecule has 0 aliphatic heterocycles. The van der Waals surface area contributed by atoms with Crippen LogP contribution in [0.1, 0.15) is 31.9 Å². The third-order valence-electron chi connectivity index (χ3n) is 3.69. The van der Waals surface area contributed by atoms with E-state index in [1.54, 1.807) is 52.0 Å². The smallest absolute Gasteiger partial charge is 0.270 e. The average Bonchev–Trinajstić information content (AvgIpc) is 2.50. The van der Waals surface area contributed by atoms with Gasteiger partial charge in [0.05, 0.1) is 10.6 Å². The van der Waals surface area contributed by atoms with Crippen molar-refractivity contribution in [2.45, 2.75) is 39.5 Å². The van der Waals surface area contributed by atoms with E-state index < -0.39 is 21.3 Å². The Hall–Kier alpha value is -2.14. The Kier molecular flexibility index (Phi) is 4.85. The number of carbonyl (C=O) groups is 1. The number of hydrogen-bond acceptors (Lipinski definition) is 3. The molecule has 0 spiro atoms. The third kappa shape index (κ3) is 3.51. The number of hydrogen-bond donors (Lipinski definition) is 0. The van der Waals surface area contributed by atoms with Crippen LogP contribution in [0.5, 0.6) is 0 Å². The molecule has 0 aliphatic carbocycles. The Morgan fingerprint density at radius 2 is 1.54 bits per heavy atom. The first-order chi connectivity index (χ1) is 11.0. The summed E-state index contributed by atoms with van der Waals surface area (Å²) in [5, 5.41) is 0. The topological polar surface area (TPSA) is 54.5 Å². The first-order valence-corrected chi connectivity index (χ1v) is 9.21. The van der Waals surface area contributed by atoms with Crippen LogP contribution in [0.25, 0.3) is 0 Å². The molecular weight excluding hydrogens is 322 g/mol. The molecule has 0 fully saturated rings. The zero-order valence-electron chi connectivity index (χ0n) is 14.7. The number of rotatable bonds is 3. The van der Waals surface area contributed by atoms with Crippen LogP contribution in [0.4, 0.5) is 5.69 Å². The van der Waals surface area contributed by atoms with Crippen molar-refractivity contribution in [3.05, 3.63) is 59.7 Å². The van der Waals surface area contributed by atoms with Crippen molar-refractivity contribution in [3.8, 4) is 0 Å². The second-order valence-corrected chi connectivity index (χ2v) is 8.71. The van der Waals surface area contributed by atoms with Gasteiger partial charge in [0.15, 0.2) is 0 Å². The molecular formula is C19H23NO3S. The minimum atomic E-state index is -3.99. The first-order valence-electron chi connectivity index (χ1n) is 7.77. The van der Waals surface area contributed by atoms with Gasteiger partial charge in [-0.15, -0.1) is 0 Å². The van der Waals surface area contributed by atoms with Gasteiger partial charge in [0.2, 0.25) is 5.91 Å². The molecule has 24 heavy (non-hydrogen) atoms. The SMILES string of the molecule is Cc1ccc(C)c(N(C(=O)C(C)(C)C)S(=O)(=O)c2ccccc2)c1. The van der Waals surface area contributed by atoms with E-state index in [9.17, 15) is 13.2 Å². The fraction of sp³-hybridized carbons (Fsp3) is 0.316. The second-order valence-electron chi connectivity index (χ2n) is 6.93. The summed E-state index contributed by atoms with van der Waals surface area (Å²) >= 11 is 0. The largest absolute Gasteiger partial charge is 0.273 e. The Balaban J connectivity index is 2.74. The molecule has 0 aromatic heterocycles. The van der Waals surface area contributed by atoms with Crippen LogP contribution in [0, 0.1) is 19.3 Å². The van der Waals surface area contributed by atoms with Gasteiger partial charge in [0, 0.05) is 5.41 Å². The summed E-state index contributed by atoms with van der Waals surface area (Å²) in [6.07, 6.45) is 0. The summed E-state index contributed by atoms with van der Waals surface area (Å²) in [6.45, 7) is 8.83. The molecule has 0 unspecified atom stereocenters. The van der Waals surface area contributed by atoms with E-state index in [2.05, 4.69) is 0 Å². The van der Waals surface area contributed by atoms with E-state index >= 15 is 0 Å². The molecule has 128 valence electrons. The maximum absolute atomic E-state index is 13.2. The van der Waals surface area contributed by atoms with Gasteiger partial charge < -0.3 is 0 Å². The van der Waals surface area contributed by atoms with Gasteiger partial charge in [-0.3, -0.25) is 4.79 Å². The minimum Gasteiger partial charge on any atom is -0.273 e. The van der Waals surface area contributed by atoms with E-state index in [0.29, 0.717) is 5.69 Å². The Bertz CT molecular complexity index is 850. The zero-order chi connectivity index (χ0) is 18.1. The summed E-state index contributed by atoms with van der Waals surface area (Å²) in [4.78, 5) is 13.1. The second kappa shape index (κ2) is 6.40. The van der Waals surface area contributed by atoms with Crippen molar-refractivity contribution in [1.82, 2.24) is 0 Å². The lowest BCUT2D eigenvalue weighted by Crippen LogP contribution is -2.44. The van der Waals surface area contributed by atoms with Crippen LogP contribution in [0.2, 0.25) is 0 Å². The van der Waals surface area contributed by atoms with Crippen molar-refractivity contribution in [2.75, 3.05) is 4.31 Å². The van der Waals surface area contributed by atoms with Gasteiger partial charge in [-0.1, -0.05) is 51.1 Å². The number of benzene rings is 2. The minimum absolute atomic E-state index is 0.100. The molecule has 4 nitrogen and oxygen atoms in total. The van der Waals surface area contributed by atoms with Crippen molar-refractivity contribution in [3.63, 3.8) is 0 Å². The Morgan fingerprint density at radius 3 is 2.08 bits per heavy atom. The van der Waals surface area contributed by atoms with E-state index in [0.717, 1.165) is 15.4 Å². The summed E-state index contributed by atoms with van der Waals surface area (Å²) in [5.74, 6) is -0.458. The standard InChI is InChI=1S/C19H23NO3S/c1-14-11-12-15(2)17(13-14)20(18(21)19(3,4)5)24(22,23)16-9-7-6-8-10-16/h6-13H,1-5H3. The summed E-state index contributed by atoms with van der Waals surface area (Å²) in [6, 6.07) is 13.5. The van der Waals surface area contributed by atoms with E-state index in [4.69, 9.17) is 0 Å². The summed E-state index contributed by atoms with van der Waals surface area (Å²) < 4.78 is 27.3. The molecule has 2 rings (SSSR count). The molecule has 1 amide bonds. The van der Waals surface area contributed by atoms with Gasteiger partial charge in [-0.05, 0) is 43.2 Å². The molecule has 0 saturated carbocycles. The predicted octanol–water partition coefficient (Wildman–Crippen LogP) is 4.07. The van der Waals surface area contributed by atoms with Gasteiger partial charge in [-0.2, -0.15) is 0 Å². The average molecular weight is 345 g/mol. The molecule has 0 heterocycles. The Morgan fingerprint density at radius 1 is 0.958 bits per heavy atom. The molecule has 0 bridgehead atoms. The fourth-order valence-corrected chi connectivity index (χ4v) is 3.95. The lowest BCUT2D eigenvalue weighted by atomic mass is 9.95. The van der Waals surface area contributed by atoms with Crippen LogP contribution >= 0.6 is 0 Å². The van der Waals surface area contributed by atoms with Crippen molar-refractivity contribution < 1.29 is 13.2 Å². The molecule has 2 aromatic carbocycles. The van der Waals surface area contributed by atoms with Gasteiger partial charge in [0.1, 0.15) is 0 Å². The lowest BCUT2D eigenvalue weighted by molar-refractivity contribution is -0.124. The molecule has 0 saturated heterocycles. The number of anilines is 1. The predicted molar refractivity (Wildman–Crippen MR) is 96.5 cm³/mol. The van der Waals surface area contributed by atoms with Crippen LogP contribution in [0.15, 0.2) is 53.4 Å². The molecule has 0 aliphatic rings. The zero-order valence-corrected chi connectivity index (χ0v) is 15.5. The quantitative estimate of drug-likeness (QED) is 0.842. The maximum Gasteiger partial charge on any atom is 0.270 e. The van der Waals surface area contributed by atoms with Crippen molar-refractivity contribution in [2.24, 2.45) is 5.41 Å². The van der Waals surface area contributed by atoms with E-state index in [-0.39, 0.29) is 4.90 Å². The number of amides is 1. The third-order valence-corrected chi connectivity index (χ3v) is 5.40. The fourth-order valence-electron chi connectivity index (χ4n) is 2.29. The van der Waals surface area contributed by atoms with Crippen LogP contribution in [0.3, 0.4) is 0 Å². The highest BCUT2D eigenvalue weighted by Gasteiger charge is 2.37. The first kappa shape index (κ1) is 18.2. The van der Waals surface area contributed by atoms with Crippen LogP contribution < -0.4 is 4.31 Å². The van der Waals surface area contributed by atoms with Crippen LogP contribution in [-0.2, 0) is 14.8 Å². The van der Waals surface area contributed by atoms with Gasteiger partial charge in [-0.25, -0.2) is 12.7 Å². The number of nitrogens with zero attached hydrogens (tertiary/aromatic N) is 1. The van der Waals surface area contributed by atoms with Crippen LogP contribution in [-0.4, -0.2) is 14.3 Å². The number of sulfonamides is 1. The monoisotopic (exact) mass is 345 g/mol. The summed E-state index contributed by atoms with van der Waals surface area (Å²) in [7, 11) is -3.99. The van der Waals surface area contributed by atoms with Crippen molar-refractivity contribution >= 4 is 21.6 Å². The normalized spacial score (nSPS) is 12.0. The Labute approximate surface area is 144 Å². The molecule has 2 aromatic rings. The van der Waals surface area contributed by atoms with Gasteiger partial charge >= 0.3 is 0 Å². The lowest BCUT2D eigenvalue weighted by Gasteiger charge is -2.30. The van der Waals surface area contributed by atoms with E-state index in [1.807, 2.05) is 19.1 Å². The highest BCUT2D eigenvalue weighted by Crippen LogP contribution is 2.32. The van der Waals surface area contributed by atoms with Crippen molar-refractivity contribution in [1.29, 1.82) is 0 Å². The number of aryl methyl sites for hydroxylation is 2. The van der Waals surface area contributed by atoms with E-state index in [1.165, 1.54) is 12.1 Å². The summed E-state index contributed by atoms with van der Waals surface area (Å²) in [5.41, 5.74) is 1.19. The molecule has 5 heteroatoms. The highest BCUT2D eigenvalue weighted by molar-refractivity contribution is 7.93. The maximum atomic E-state index is 13.2. The molecule has 0 N–H and O–H groups in total. The van der Waals surface area contributed by atoms with Gasteiger partial charge in [0.25, 0.3) is 10.0 Å². The molecule has 0 atom stereocenters.